The molecule has 1 atom stereocenters. The minimum Gasteiger partial charge on any atom is -0.684 e. The Bertz CT molecular complexity index is 3100. The molecule has 4 aromatic carbocycles. The van der Waals surface area contributed by atoms with Crippen LogP contribution >= 0.6 is 0 Å². The van der Waals surface area contributed by atoms with E-state index in [0.717, 1.165) is 128 Å². The van der Waals surface area contributed by atoms with E-state index in [0.29, 0.717) is 0 Å². The van der Waals surface area contributed by atoms with E-state index >= 15 is 0 Å². The van der Waals surface area contributed by atoms with Gasteiger partial charge in [0, 0.05) is 87.3 Å². The van der Waals surface area contributed by atoms with E-state index in [2.05, 4.69) is 116 Å². The summed E-state index contributed by atoms with van der Waals surface area (Å²) in [6.07, 6.45) is 16.4. The van der Waals surface area contributed by atoms with Crippen LogP contribution in [0.25, 0.3) is 98.8 Å². The van der Waals surface area contributed by atoms with Crippen LogP contribution in [0.2, 0.25) is 0 Å². The van der Waals surface area contributed by atoms with Crippen LogP contribution in [0.1, 0.15) is 41.0 Å². The minimum absolute atomic E-state index is 0.122. The van der Waals surface area contributed by atoms with Crippen LogP contribution in [-0.4, -0.2) is 31.0 Å². The number of nitrogens with zero attached hydrogens (tertiary/aromatic N) is 6. The molecule has 60 heavy (non-hydrogen) atoms. The quantitative estimate of drug-likeness (QED) is 0.157. The maximum atomic E-state index is 4.85. The summed E-state index contributed by atoms with van der Waals surface area (Å²) in [5.74, 6) is 0. The highest BCUT2D eigenvalue weighted by atomic mass is 14.9. The second-order valence-corrected chi connectivity index (χ2v) is 16.1. The van der Waals surface area contributed by atoms with E-state index in [1.807, 2.05) is 71.8 Å². The van der Waals surface area contributed by atoms with Crippen molar-refractivity contribution in [3.05, 3.63) is 186 Å². The minimum atomic E-state index is 0.122. The first kappa shape index (κ1) is 37.0. The fourth-order valence-electron chi connectivity index (χ4n) is 8.40. The Balaban J connectivity index is 1.40. The van der Waals surface area contributed by atoms with Gasteiger partial charge in [-0.25, -0.2) is 0 Å². The number of hydrogen-bond donors (Lipinski definition) is 0. The van der Waals surface area contributed by atoms with Crippen LogP contribution < -0.4 is 0 Å². The van der Waals surface area contributed by atoms with Crippen molar-refractivity contribution in [1.82, 2.24) is 24.9 Å². The lowest BCUT2D eigenvalue weighted by Gasteiger charge is -2.29. The molecule has 1 aliphatic rings. The first-order valence-corrected chi connectivity index (χ1v) is 20.5. The summed E-state index contributed by atoms with van der Waals surface area (Å²) in [4.78, 5) is 23.8. The van der Waals surface area contributed by atoms with Crippen LogP contribution in [0.3, 0.4) is 0 Å². The van der Waals surface area contributed by atoms with Gasteiger partial charge in [-0.1, -0.05) is 49.4 Å². The lowest BCUT2D eigenvalue weighted by Crippen LogP contribution is -2.00. The van der Waals surface area contributed by atoms with Crippen molar-refractivity contribution < 1.29 is 0 Å². The summed E-state index contributed by atoms with van der Waals surface area (Å²) in [6.45, 7) is 12.3. The summed E-state index contributed by atoms with van der Waals surface area (Å²) in [5, 5.41) is 11.7. The highest BCUT2D eigenvalue weighted by molar-refractivity contribution is 6.29. The van der Waals surface area contributed by atoms with E-state index in [9.17, 15) is 0 Å². The van der Waals surface area contributed by atoms with Crippen molar-refractivity contribution in [2.24, 2.45) is 0 Å². The lowest BCUT2D eigenvalue weighted by molar-refractivity contribution is 1.04. The van der Waals surface area contributed by atoms with E-state index in [1.54, 1.807) is 0 Å². The lowest BCUT2D eigenvalue weighted by atomic mass is 9.83. The molecular formula is C54H43N6-. The monoisotopic (exact) mass is 775 g/mol. The molecule has 1 aliphatic heterocycles. The standard InChI is InChI=1S/C54H43N6/c1-31-7-13-37(25-55-31)43-19-49-50(20-44(43)38-14-8-32(2)56-26-38)52-22-46(40-16-10-34(4)58-28-40)48(42-18-12-36(6)60-30-42)24-54(52)53-23-47(41-17-11-35(5)59-29-41)45(21-51(49)53)39-15-9-33(3)57-27-39/h7-31H,1-6H3/q-1. The summed E-state index contributed by atoms with van der Waals surface area (Å²) in [7, 11) is 0. The van der Waals surface area contributed by atoms with Crippen LogP contribution in [0.15, 0.2) is 146 Å². The van der Waals surface area contributed by atoms with Crippen LogP contribution in [0.5, 0.6) is 0 Å². The van der Waals surface area contributed by atoms with Crippen molar-refractivity contribution in [1.29, 1.82) is 0 Å². The predicted octanol–water partition coefficient (Wildman–Crippen LogP) is 13.7. The van der Waals surface area contributed by atoms with Crippen molar-refractivity contribution in [2.45, 2.75) is 47.6 Å². The van der Waals surface area contributed by atoms with Crippen LogP contribution in [-0.2, 0) is 0 Å². The molecule has 6 nitrogen and oxygen atoms in total. The predicted molar refractivity (Wildman–Crippen MR) is 249 cm³/mol. The summed E-state index contributed by atoms with van der Waals surface area (Å²) in [6, 6.07) is 35.7. The topological polar surface area (TPSA) is 78.5 Å². The maximum Gasteiger partial charge on any atom is 0.0373 e. The average Bonchev–Trinajstić information content (AvgIpc) is 3.27. The Kier molecular flexibility index (Phi) is 9.13. The van der Waals surface area contributed by atoms with Gasteiger partial charge in [0.15, 0.2) is 0 Å². The van der Waals surface area contributed by atoms with Gasteiger partial charge in [-0.3, -0.25) is 24.9 Å². The molecule has 9 aromatic rings. The summed E-state index contributed by atoms with van der Waals surface area (Å²) in [5.41, 5.74) is 17.8. The molecule has 0 fully saturated rings. The van der Waals surface area contributed by atoms with Gasteiger partial charge in [0.05, 0.1) is 0 Å². The van der Waals surface area contributed by atoms with E-state index in [-0.39, 0.29) is 6.04 Å². The summed E-state index contributed by atoms with van der Waals surface area (Å²) >= 11 is 0. The molecule has 6 heteroatoms. The van der Waals surface area contributed by atoms with Crippen molar-refractivity contribution in [2.75, 3.05) is 0 Å². The fourth-order valence-corrected chi connectivity index (χ4v) is 8.40. The normalized spacial score (nSPS) is 13.8. The third-order valence-electron chi connectivity index (χ3n) is 11.8. The average molecular weight is 776 g/mol. The van der Waals surface area contributed by atoms with E-state index in [1.165, 1.54) is 0 Å². The van der Waals surface area contributed by atoms with Gasteiger partial charge in [-0.15, -0.1) is 6.04 Å². The van der Waals surface area contributed by atoms with Gasteiger partial charge in [0.25, 0.3) is 0 Å². The molecule has 1 unspecified atom stereocenters. The zero-order valence-corrected chi connectivity index (χ0v) is 34.6. The first-order chi connectivity index (χ1) is 29.2. The zero-order chi connectivity index (χ0) is 41.1. The smallest absolute Gasteiger partial charge is 0.0373 e. The van der Waals surface area contributed by atoms with E-state index < -0.39 is 0 Å². The van der Waals surface area contributed by atoms with Gasteiger partial charge in [0.1, 0.15) is 0 Å². The van der Waals surface area contributed by atoms with Gasteiger partial charge in [-0.2, -0.15) is 6.20 Å². The van der Waals surface area contributed by atoms with Gasteiger partial charge < -0.3 is 5.32 Å². The second kappa shape index (κ2) is 14.8. The number of benzene rings is 4. The largest absolute Gasteiger partial charge is 0.684 e. The molecule has 0 saturated heterocycles. The highest BCUT2D eigenvalue weighted by Gasteiger charge is 2.21. The van der Waals surface area contributed by atoms with Crippen LogP contribution in [0.4, 0.5) is 0 Å². The molecule has 0 amide bonds. The molecule has 5 aromatic heterocycles. The molecule has 0 saturated carbocycles. The number of allylic oxidation sites excluding steroid dienone is 2. The van der Waals surface area contributed by atoms with Gasteiger partial charge in [-0.05, 0) is 173 Å². The van der Waals surface area contributed by atoms with Crippen molar-refractivity contribution in [3.8, 4) is 55.6 Å². The number of pyridine rings is 5. The molecule has 0 spiro atoms. The Morgan fingerprint density at radius 1 is 0.367 bits per heavy atom. The number of hydrogen-bond acceptors (Lipinski definition) is 5. The number of fused-ring (bicyclic) bond motifs is 6. The van der Waals surface area contributed by atoms with Gasteiger partial charge >= 0.3 is 0 Å². The van der Waals surface area contributed by atoms with Gasteiger partial charge in [0.2, 0.25) is 0 Å². The molecule has 6 heterocycles. The third-order valence-corrected chi connectivity index (χ3v) is 11.8. The first-order valence-electron chi connectivity index (χ1n) is 20.5. The Morgan fingerprint density at radius 2 is 0.633 bits per heavy atom. The molecule has 0 aliphatic carbocycles. The molecule has 0 bridgehead atoms. The molecule has 290 valence electrons. The Morgan fingerprint density at radius 3 is 0.867 bits per heavy atom. The maximum absolute atomic E-state index is 4.85. The Hall–Kier alpha value is -7.31. The molecular weight excluding hydrogens is 733 g/mol. The highest BCUT2D eigenvalue weighted by Crippen LogP contribution is 2.47. The van der Waals surface area contributed by atoms with Crippen molar-refractivity contribution >= 4 is 37.9 Å². The zero-order valence-electron chi connectivity index (χ0n) is 34.6. The molecule has 0 radical (unpaired) electrons. The number of aromatic nitrogens is 5. The van der Waals surface area contributed by atoms with E-state index in [4.69, 9.17) is 30.2 Å². The molecule has 10 rings (SSSR count). The van der Waals surface area contributed by atoms with Crippen LogP contribution in [0, 0.1) is 34.6 Å². The summed E-state index contributed by atoms with van der Waals surface area (Å²) < 4.78 is 0. The number of rotatable bonds is 6. The van der Waals surface area contributed by atoms with Crippen molar-refractivity contribution in [3.63, 3.8) is 0 Å². The SMILES string of the molecule is Cc1ccc(-c2cc3c(cc2C2=C[N-]C(C)C=C2)c2cc(-c4ccc(C)nc4)c(-c4ccc(C)nc4)cc2c2cc(-c4ccc(C)nc4)c(-c4ccc(C)nc4)cc32)cn1. The Labute approximate surface area is 350 Å². The fraction of sp³-hybridized carbons (Fsp3) is 0.130. The second-order valence-electron chi connectivity index (χ2n) is 16.1. The number of aryl methyl sites for hydroxylation is 5. The third kappa shape index (κ3) is 6.70. The molecule has 0 N–H and O–H groups in total.